The first-order chi connectivity index (χ1) is 11.8. The summed E-state index contributed by atoms with van der Waals surface area (Å²) in [5, 5.41) is 7.18. The topological polar surface area (TPSA) is 74.0 Å². The molecule has 1 heterocycles. The summed E-state index contributed by atoms with van der Waals surface area (Å²) < 4.78 is 0. The van der Waals surface area contributed by atoms with E-state index in [0.717, 1.165) is 0 Å². The van der Waals surface area contributed by atoms with Gasteiger partial charge < -0.3 is 15.6 Å². The average Bonchev–Trinajstić information content (AvgIpc) is 2.86. The Kier molecular flexibility index (Phi) is 4.90. The Labute approximate surface area is 158 Å². The van der Waals surface area contributed by atoms with Gasteiger partial charge in [0.1, 0.15) is 5.69 Å². The molecule has 3 aromatic rings. The first-order valence-electron chi connectivity index (χ1n) is 7.20. The van der Waals surface area contributed by atoms with Crippen LogP contribution in [0.25, 0.3) is 10.9 Å². The van der Waals surface area contributed by atoms with Gasteiger partial charge in [-0.05, 0) is 36.4 Å². The number of carbonyl (C=O) groups is 2. The molecule has 128 valence electrons. The molecule has 0 saturated carbocycles. The van der Waals surface area contributed by atoms with Crippen molar-refractivity contribution in [3.05, 3.63) is 57.2 Å². The zero-order valence-corrected chi connectivity index (χ0v) is 15.2. The van der Waals surface area contributed by atoms with Crippen LogP contribution in [0.3, 0.4) is 0 Å². The van der Waals surface area contributed by atoms with Crippen molar-refractivity contribution in [3.63, 3.8) is 0 Å². The largest absolute Gasteiger partial charge is 0.349 e. The van der Waals surface area contributed by atoms with Crippen molar-refractivity contribution in [3.8, 4) is 0 Å². The lowest BCUT2D eigenvalue weighted by atomic mass is 10.2. The number of carbonyl (C=O) groups excluding carboxylic acids is 2. The smallest absolute Gasteiger partial charge is 0.273 e. The molecule has 0 aliphatic heterocycles. The molecule has 3 rings (SSSR count). The van der Waals surface area contributed by atoms with E-state index in [1.807, 2.05) is 0 Å². The minimum atomic E-state index is -0.466. The van der Waals surface area contributed by atoms with Crippen LogP contribution >= 0.6 is 34.8 Å². The molecular weight excluding hydrogens is 385 g/mol. The summed E-state index contributed by atoms with van der Waals surface area (Å²) in [5.74, 6) is -0.734. The monoisotopic (exact) mass is 395 g/mol. The van der Waals surface area contributed by atoms with Crippen LogP contribution in [0.15, 0.2) is 36.4 Å². The van der Waals surface area contributed by atoms with Gasteiger partial charge in [0.15, 0.2) is 0 Å². The summed E-state index contributed by atoms with van der Waals surface area (Å²) in [6, 6.07) is 9.87. The Bertz CT molecular complexity index is 998. The lowest BCUT2D eigenvalue weighted by molar-refractivity contribution is -0.114. The van der Waals surface area contributed by atoms with Crippen LogP contribution in [-0.4, -0.2) is 16.8 Å². The van der Waals surface area contributed by atoms with Crippen molar-refractivity contribution in [2.24, 2.45) is 0 Å². The van der Waals surface area contributed by atoms with Gasteiger partial charge >= 0.3 is 0 Å². The van der Waals surface area contributed by atoms with Crippen LogP contribution in [0.5, 0.6) is 0 Å². The fraction of sp³-hybridized carbons (Fsp3) is 0.0588. The highest BCUT2D eigenvalue weighted by Gasteiger charge is 2.18. The Hall–Kier alpha value is -2.21. The third-order valence-electron chi connectivity index (χ3n) is 3.46. The summed E-state index contributed by atoms with van der Waals surface area (Å²) >= 11 is 18.3. The van der Waals surface area contributed by atoms with Crippen molar-refractivity contribution < 1.29 is 9.59 Å². The molecule has 25 heavy (non-hydrogen) atoms. The van der Waals surface area contributed by atoms with Gasteiger partial charge in [-0.1, -0.05) is 34.8 Å². The molecule has 0 saturated heterocycles. The predicted molar refractivity (Wildman–Crippen MR) is 102 cm³/mol. The summed E-state index contributed by atoms with van der Waals surface area (Å²) in [6.45, 7) is 1.37. The second kappa shape index (κ2) is 6.96. The summed E-state index contributed by atoms with van der Waals surface area (Å²) in [6.07, 6.45) is 0. The van der Waals surface area contributed by atoms with Crippen molar-refractivity contribution in [1.82, 2.24) is 4.98 Å². The molecule has 0 fully saturated rings. The third kappa shape index (κ3) is 3.74. The van der Waals surface area contributed by atoms with Crippen LogP contribution < -0.4 is 10.6 Å². The fourth-order valence-electron chi connectivity index (χ4n) is 2.39. The van der Waals surface area contributed by atoms with E-state index in [4.69, 9.17) is 34.8 Å². The maximum atomic E-state index is 12.6. The Morgan fingerprint density at radius 2 is 1.60 bits per heavy atom. The molecule has 1 aromatic heterocycles. The van der Waals surface area contributed by atoms with Crippen LogP contribution in [0, 0.1) is 0 Å². The second-order valence-corrected chi connectivity index (χ2v) is 6.58. The van der Waals surface area contributed by atoms with E-state index in [9.17, 15) is 9.59 Å². The van der Waals surface area contributed by atoms with Gasteiger partial charge in [0.25, 0.3) is 5.91 Å². The second-order valence-electron chi connectivity index (χ2n) is 5.33. The highest BCUT2D eigenvalue weighted by atomic mass is 35.5. The lowest BCUT2D eigenvalue weighted by Crippen LogP contribution is -2.15. The molecule has 8 heteroatoms. The van der Waals surface area contributed by atoms with Crippen LogP contribution in [0.4, 0.5) is 11.4 Å². The number of anilines is 2. The molecule has 0 spiro atoms. The number of aromatic nitrogens is 1. The van der Waals surface area contributed by atoms with E-state index in [-0.39, 0.29) is 16.6 Å². The average molecular weight is 397 g/mol. The molecule has 0 unspecified atom stereocenters. The molecular formula is C17H12Cl3N3O2. The summed E-state index contributed by atoms with van der Waals surface area (Å²) in [4.78, 5) is 26.9. The minimum Gasteiger partial charge on any atom is -0.349 e. The van der Waals surface area contributed by atoms with E-state index < -0.39 is 5.91 Å². The molecule has 0 aliphatic carbocycles. The van der Waals surface area contributed by atoms with E-state index in [2.05, 4.69) is 15.6 Å². The standard InChI is InChI=1S/C17H12Cl3N3O2/c1-8(24)21-13-5-3-10(19)7-14(13)23-17(25)16-15(20)11-6-9(18)2-4-12(11)22-16/h2-7,22H,1H3,(H,21,24)(H,23,25). The van der Waals surface area contributed by atoms with Gasteiger partial charge in [-0.3, -0.25) is 9.59 Å². The number of H-pyrrole nitrogens is 1. The third-order valence-corrected chi connectivity index (χ3v) is 4.33. The molecule has 2 amide bonds. The van der Waals surface area contributed by atoms with E-state index >= 15 is 0 Å². The van der Waals surface area contributed by atoms with Crippen LogP contribution in [0.1, 0.15) is 17.4 Å². The van der Waals surface area contributed by atoms with Crippen LogP contribution in [-0.2, 0) is 4.79 Å². The molecule has 0 atom stereocenters. The maximum absolute atomic E-state index is 12.6. The Morgan fingerprint density at radius 1 is 0.920 bits per heavy atom. The zero-order valence-electron chi connectivity index (χ0n) is 12.9. The first-order valence-corrected chi connectivity index (χ1v) is 8.34. The van der Waals surface area contributed by atoms with E-state index in [0.29, 0.717) is 32.3 Å². The van der Waals surface area contributed by atoms with Gasteiger partial charge in [0, 0.05) is 27.9 Å². The highest BCUT2D eigenvalue weighted by Crippen LogP contribution is 2.31. The molecule has 0 radical (unpaired) electrons. The van der Waals surface area contributed by atoms with Crippen molar-refractivity contribution in [1.29, 1.82) is 0 Å². The Morgan fingerprint density at radius 3 is 2.32 bits per heavy atom. The minimum absolute atomic E-state index is 0.188. The van der Waals surface area contributed by atoms with Gasteiger partial charge in [-0.25, -0.2) is 0 Å². The summed E-state index contributed by atoms with van der Waals surface area (Å²) in [5.41, 5.74) is 1.67. The van der Waals surface area contributed by atoms with Crippen molar-refractivity contribution in [2.45, 2.75) is 6.92 Å². The number of halogens is 3. The fourth-order valence-corrected chi connectivity index (χ4v) is 3.02. The zero-order chi connectivity index (χ0) is 18.1. The number of hydrogen-bond donors (Lipinski definition) is 3. The maximum Gasteiger partial charge on any atom is 0.273 e. The molecule has 0 aliphatic rings. The van der Waals surface area contributed by atoms with Gasteiger partial charge in [-0.15, -0.1) is 0 Å². The number of hydrogen-bond acceptors (Lipinski definition) is 2. The summed E-state index contributed by atoms with van der Waals surface area (Å²) in [7, 11) is 0. The lowest BCUT2D eigenvalue weighted by Gasteiger charge is -2.11. The number of amides is 2. The number of aromatic amines is 1. The highest BCUT2D eigenvalue weighted by molar-refractivity contribution is 6.40. The molecule has 0 bridgehead atoms. The molecule has 2 aromatic carbocycles. The number of rotatable bonds is 3. The van der Waals surface area contributed by atoms with Crippen molar-refractivity contribution in [2.75, 3.05) is 10.6 Å². The molecule has 5 nitrogen and oxygen atoms in total. The SMILES string of the molecule is CC(=O)Nc1ccc(Cl)cc1NC(=O)c1[nH]c2ccc(Cl)cc2c1Cl. The molecule has 3 N–H and O–H groups in total. The normalized spacial score (nSPS) is 10.7. The predicted octanol–water partition coefficient (Wildman–Crippen LogP) is 5.34. The van der Waals surface area contributed by atoms with E-state index in [1.54, 1.807) is 30.3 Å². The van der Waals surface area contributed by atoms with E-state index in [1.165, 1.54) is 13.0 Å². The number of nitrogens with one attached hydrogen (secondary N) is 3. The van der Waals surface area contributed by atoms with Gasteiger partial charge in [0.2, 0.25) is 5.91 Å². The Balaban J connectivity index is 1.96. The van der Waals surface area contributed by atoms with Crippen molar-refractivity contribution >= 4 is 68.9 Å². The van der Waals surface area contributed by atoms with Gasteiger partial charge in [-0.2, -0.15) is 0 Å². The quantitative estimate of drug-likeness (QED) is 0.559. The van der Waals surface area contributed by atoms with Crippen LogP contribution in [0.2, 0.25) is 15.1 Å². The number of benzene rings is 2. The first kappa shape index (κ1) is 17.6. The van der Waals surface area contributed by atoms with Gasteiger partial charge in [0.05, 0.1) is 16.4 Å². The number of fused-ring (bicyclic) bond motifs is 1.